The Morgan fingerprint density at radius 3 is 2.86 bits per heavy atom. The average molecular weight is 301 g/mol. The van der Waals surface area contributed by atoms with Crippen LogP contribution in [0.3, 0.4) is 0 Å². The fourth-order valence-corrected chi connectivity index (χ4v) is 2.53. The quantitative estimate of drug-likeness (QED) is 0.874. The standard InChI is InChI=1S/C14H17F2NO4/c1-20-12-7-9(4-5-11(12)21-14(15)16)8-17-6-2-3-10(17)13(18)19/h4-5,7,10,14H,2-3,6,8H2,1H3,(H,18,19). The van der Waals surface area contributed by atoms with Gasteiger partial charge in [-0.1, -0.05) is 6.07 Å². The van der Waals surface area contributed by atoms with Crippen LogP contribution in [0, 0.1) is 0 Å². The van der Waals surface area contributed by atoms with Gasteiger partial charge in [-0.05, 0) is 37.1 Å². The van der Waals surface area contributed by atoms with Crippen molar-refractivity contribution in [3.63, 3.8) is 0 Å². The van der Waals surface area contributed by atoms with E-state index < -0.39 is 18.6 Å². The van der Waals surface area contributed by atoms with Gasteiger partial charge in [-0.15, -0.1) is 0 Å². The third kappa shape index (κ3) is 3.81. The number of methoxy groups -OCH3 is 1. The number of ether oxygens (including phenoxy) is 2. The Morgan fingerprint density at radius 1 is 1.48 bits per heavy atom. The molecular formula is C14H17F2NO4. The van der Waals surface area contributed by atoms with E-state index in [1.54, 1.807) is 12.1 Å². The van der Waals surface area contributed by atoms with Gasteiger partial charge in [-0.2, -0.15) is 8.78 Å². The zero-order valence-corrected chi connectivity index (χ0v) is 11.6. The zero-order chi connectivity index (χ0) is 15.4. The second kappa shape index (κ2) is 6.71. The van der Waals surface area contributed by atoms with Crippen molar-refractivity contribution < 1.29 is 28.2 Å². The molecule has 1 saturated heterocycles. The van der Waals surface area contributed by atoms with Crippen LogP contribution in [-0.2, 0) is 11.3 Å². The van der Waals surface area contributed by atoms with Crippen LogP contribution in [-0.4, -0.2) is 42.3 Å². The lowest BCUT2D eigenvalue weighted by molar-refractivity contribution is -0.142. The summed E-state index contributed by atoms with van der Waals surface area (Å²) < 4.78 is 33.9. The zero-order valence-electron chi connectivity index (χ0n) is 11.6. The molecule has 7 heteroatoms. The fraction of sp³-hybridized carbons (Fsp3) is 0.500. The number of alkyl halides is 2. The molecule has 1 aliphatic rings. The molecular weight excluding hydrogens is 284 g/mol. The summed E-state index contributed by atoms with van der Waals surface area (Å²) >= 11 is 0. The molecule has 116 valence electrons. The molecule has 21 heavy (non-hydrogen) atoms. The van der Waals surface area contributed by atoms with E-state index in [4.69, 9.17) is 9.84 Å². The van der Waals surface area contributed by atoms with E-state index in [9.17, 15) is 13.6 Å². The topological polar surface area (TPSA) is 59.0 Å². The van der Waals surface area contributed by atoms with E-state index in [1.807, 2.05) is 4.90 Å². The number of benzene rings is 1. The van der Waals surface area contributed by atoms with Crippen LogP contribution in [0.5, 0.6) is 11.5 Å². The van der Waals surface area contributed by atoms with Crippen molar-refractivity contribution in [2.24, 2.45) is 0 Å². The van der Waals surface area contributed by atoms with Crippen molar-refractivity contribution >= 4 is 5.97 Å². The van der Waals surface area contributed by atoms with Crippen LogP contribution in [0.15, 0.2) is 18.2 Å². The maximum atomic E-state index is 12.3. The highest BCUT2D eigenvalue weighted by molar-refractivity contribution is 5.73. The lowest BCUT2D eigenvalue weighted by Crippen LogP contribution is -2.35. The first-order valence-corrected chi connectivity index (χ1v) is 6.60. The van der Waals surface area contributed by atoms with Crippen LogP contribution in [0.2, 0.25) is 0 Å². The number of carbonyl (C=O) groups is 1. The van der Waals surface area contributed by atoms with Crippen LogP contribution >= 0.6 is 0 Å². The number of halogens is 2. The molecule has 1 aromatic rings. The van der Waals surface area contributed by atoms with Crippen molar-refractivity contribution in [1.29, 1.82) is 0 Å². The van der Waals surface area contributed by atoms with Crippen LogP contribution in [0.4, 0.5) is 8.78 Å². The highest BCUT2D eigenvalue weighted by atomic mass is 19.3. The number of likely N-dealkylation sites (tertiary alicyclic amines) is 1. The summed E-state index contributed by atoms with van der Waals surface area (Å²) in [6, 6.07) is 4.14. The first-order valence-electron chi connectivity index (χ1n) is 6.60. The Labute approximate surface area is 121 Å². The minimum atomic E-state index is -2.92. The smallest absolute Gasteiger partial charge is 0.387 e. The van der Waals surface area contributed by atoms with E-state index in [1.165, 1.54) is 13.2 Å². The van der Waals surface area contributed by atoms with E-state index >= 15 is 0 Å². The van der Waals surface area contributed by atoms with Gasteiger partial charge in [-0.25, -0.2) is 0 Å². The van der Waals surface area contributed by atoms with Crippen molar-refractivity contribution in [3.8, 4) is 11.5 Å². The van der Waals surface area contributed by atoms with Crippen LogP contribution in [0.1, 0.15) is 18.4 Å². The molecule has 2 rings (SSSR count). The van der Waals surface area contributed by atoms with Crippen LogP contribution < -0.4 is 9.47 Å². The van der Waals surface area contributed by atoms with Gasteiger partial charge in [-0.3, -0.25) is 9.69 Å². The number of carboxylic acid groups (broad SMARTS) is 1. The second-order valence-corrected chi connectivity index (χ2v) is 4.83. The van der Waals surface area contributed by atoms with Crippen molar-refractivity contribution in [2.75, 3.05) is 13.7 Å². The number of hydrogen-bond donors (Lipinski definition) is 1. The van der Waals surface area contributed by atoms with Crippen molar-refractivity contribution in [2.45, 2.75) is 32.0 Å². The minimum absolute atomic E-state index is 0.0348. The molecule has 0 saturated carbocycles. The maximum Gasteiger partial charge on any atom is 0.387 e. The van der Waals surface area contributed by atoms with Gasteiger partial charge in [0.25, 0.3) is 0 Å². The molecule has 5 nitrogen and oxygen atoms in total. The Hall–Kier alpha value is -1.89. The normalized spacial score (nSPS) is 19.0. The number of carboxylic acids is 1. The van der Waals surface area contributed by atoms with E-state index in [0.29, 0.717) is 19.5 Å². The highest BCUT2D eigenvalue weighted by Gasteiger charge is 2.30. The second-order valence-electron chi connectivity index (χ2n) is 4.83. The van der Waals surface area contributed by atoms with E-state index in [2.05, 4.69) is 4.74 Å². The summed E-state index contributed by atoms with van der Waals surface area (Å²) in [6.45, 7) is -1.78. The summed E-state index contributed by atoms with van der Waals surface area (Å²) in [6.07, 6.45) is 1.46. The average Bonchev–Trinajstić information content (AvgIpc) is 2.88. The van der Waals surface area contributed by atoms with Gasteiger partial charge in [0.2, 0.25) is 0 Å². The first-order chi connectivity index (χ1) is 10.0. The summed E-state index contributed by atoms with van der Waals surface area (Å²) in [5, 5.41) is 9.14. The Balaban J connectivity index is 2.12. The molecule has 0 bridgehead atoms. The first kappa shape index (κ1) is 15.5. The molecule has 0 amide bonds. The summed E-state index contributed by atoms with van der Waals surface area (Å²) in [5.41, 5.74) is 0.793. The molecule has 1 fully saturated rings. The Kier molecular flexibility index (Phi) is 4.95. The summed E-state index contributed by atoms with van der Waals surface area (Å²) in [4.78, 5) is 13.0. The molecule has 1 aromatic carbocycles. The monoisotopic (exact) mass is 301 g/mol. The molecule has 1 N–H and O–H groups in total. The molecule has 1 heterocycles. The third-order valence-electron chi connectivity index (χ3n) is 3.48. The van der Waals surface area contributed by atoms with Crippen molar-refractivity contribution in [1.82, 2.24) is 4.90 Å². The molecule has 0 radical (unpaired) electrons. The Bertz CT molecular complexity index is 510. The molecule has 1 aliphatic heterocycles. The Morgan fingerprint density at radius 2 is 2.24 bits per heavy atom. The summed E-state index contributed by atoms with van der Waals surface area (Å²) in [7, 11) is 1.37. The number of hydrogen-bond acceptors (Lipinski definition) is 4. The molecule has 0 aliphatic carbocycles. The molecule has 0 aromatic heterocycles. The highest BCUT2D eigenvalue weighted by Crippen LogP contribution is 2.30. The largest absolute Gasteiger partial charge is 0.493 e. The van der Waals surface area contributed by atoms with E-state index in [-0.39, 0.29) is 11.5 Å². The van der Waals surface area contributed by atoms with Gasteiger partial charge in [0.15, 0.2) is 11.5 Å². The van der Waals surface area contributed by atoms with Crippen molar-refractivity contribution in [3.05, 3.63) is 23.8 Å². The predicted octanol–water partition coefficient (Wildman–Crippen LogP) is 2.35. The van der Waals surface area contributed by atoms with Gasteiger partial charge in [0.05, 0.1) is 7.11 Å². The van der Waals surface area contributed by atoms with Crippen LogP contribution in [0.25, 0.3) is 0 Å². The minimum Gasteiger partial charge on any atom is -0.493 e. The molecule has 0 spiro atoms. The number of aliphatic carboxylic acids is 1. The van der Waals surface area contributed by atoms with E-state index in [0.717, 1.165) is 12.0 Å². The third-order valence-corrected chi connectivity index (χ3v) is 3.48. The van der Waals surface area contributed by atoms with Gasteiger partial charge in [0.1, 0.15) is 6.04 Å². The number of rotatable bonds is 6. The predicted molar refractivity (Wildman–Crippen MR) is 70.7 cm³/mol. The molecule has 1 atom stereocenters. The summed E-state index contributed by atoms with van der Waals surface area (Å²) in [5.74, 6) is -0.663. The SMILES string of the molecule is COc1cc(CN2CCCC2C(=O)O)ccc1OC(F)F. The fourth-order valence-electron chi connectivity index (χ4n) is 2.53. The van der Waals surface area contributed by atoms with Gasteiger partial charge < -0.3 is 14.6 Å². The number of nitrogens with zero attached hydrogens (tertiary/aromatic N) is 1. The lowest BCUT2D eigenvalue weighted by atomic mass is 10.1. The lowest BCUT2D eigenvalue weighted by Gasteiger charge is -2.21. The van der Waals surface area contributed by atoms with Gasteiger partial charge >= 0.3 is 12.6 Å². The maximum absolute atomic E-state index is 12.3. The van der Waals surface area contributed by atoms with Gasteiger partial charge in [0, 0.05) is 6.54 Å². The molecule has 1 unspecified atom stereocenters.